The smallest absolute Gasteiger partial charge is 0.0540 e. The number of fused-ring (bicyclic) bond motifs is 7. The van der Waals surface area contributed by atoms with Gasteiger partial charge in [0.05, 0.1) is 11.4 Å². The van der Waals surface area contributed by atoms with E-state index in [-0.39, 0.29) is 5.41 Å². The molecule has 0 aliphatic heterocycles. The molecule has 2 aliphatic rings. The lowest BCUT2D eigenvalue weighted by Gasteiger charge is -2.36. The molecule has 0 amide bonds. The molecule has 1 spiro atoms. The maximum Gasteiger partial charge on any atom is 0.0540 e. The summed E-state index contributed by atoms with van der Waals surface area (Å²) in [5, 5.41) is 4.91. The summed E-state index contributed by atoms with van der Waals surface area (Å²) in [6, 6.07) is 85.0. The van der Waals surface area contributed by atoms with Crippen LogP contribution in [0.4, 0.5) is 34.1 Å². The van der Waals surface area contributed by atoms with Crippen LogP contribution in [0, 0.1) is 0 Å². The molecule has 10 aromatic rings. The first-order valence-electron chi connectivity index (χ1n) is 22.9. The van der Waals surface area contributed by atoms with E-state index in [9.17, 15) is 0 Å². The molecule has 0 heterocycles. The summed E-state index contributed by atoms with van der Waals surface area (Å²) in [6.07, 6.45) is 6.37. The molecule has 1 saturated carbocycles. The highest BCUT2D eigenvalue weighted by atomic mass is 15.1. The first-order chi connectivity index (χ1) is 31.7. The van der Waals surface area contributed by atoms with Gasteiger partial charge >= 0.3 is 0 Å². The second kappa shape index (κ2) is 15.9. The number of nitrogens with zero attached hydrogens (tertiary/aromatic N) is 2. The van der Waals surface area contributed by atoms with Crippen LogP contribution in [0.5, 0.6) is 0 Å². The summed E-state index contributed by atoms with van der Waals surface area (Å²) < 4.78 is 0. The van der Waals surface area contributed by atoms with E-state index in [2.05, 4.69) is 240 Å². The molecule has 0 bridgehead atoms. The molecule has 0 saturated heterocycles. The molecular formula is C62H48N2. The highest BCUT2D eigenvalue weighted by Crippen LogP contribution is 2.57. The lowest BCUT2D eigenvalue weighted by molar-refractivity contribution is 0.353. The van der Waals surface area contributed by atoms with Crippen LogP contribution >= 0.6 is 0 Å². The second-order valence-electron chi connectivity index (χ2n) is 17.6. The predicted molar refractivity (Wildman–Crippen MR) is 271 cm³/mol. The van der Waals surface area contributed by atoms with Crippen LogP contribution in [0.2, 0.25) is 0 Å². The van der Waals surface area contributed by atoms with E-state index in [0.29, 0.717) is 0 Å². The minimum atomic E-state index is 0.128. The van der Waals surface area contributed by atoms with Crippen molar-refractivity contribution >= 4 is 55.7 Å². The monoisotopic (exact) mass is 820 g/mol. The normalized spacial score (nSPS) is 13.8. The quantitative estimate of drug-likeness (QED) is 0.151. The first kappa shape index (κ1) is 38.0. The summed E-state index contributed by atoms with van der Waals surface area (Å²) in [5.41, 5.74) is 17.6. The Bertz CT molecular complexity index is 3280. The number of benzene rings is 10. The Morgan fingerprint density at radius 1 is 0.297 bits per heavy atom. The van der Waals surface area contributed by atoms with Crippen molar-refractivity contribution in [3.63, 3.8) is 0 Å². The molecular weight excluding hydrogens is 773 g/mol. The van der Waals surface area contributed by atoms with Crippen molar-refractivity contribution in [2.75, 3.05) is 9.80 Å². The van der Waals surface area contributed by atoms with Gasteiger partial charge in [0.2, 0.25) is 0 Å². The van der Waals surface area contributed by atoms with Gasteiger partial charge in [0.1, 0.15) is 0 Å². The summed E-state index contributed by atoms with van der Waals surface area (Å²) in [6.45, 7) is 0. The third-order valence-corrected chi connectivity index (χ3v) is 14.0. The van der Waals surface area contributed by atoms with Crippen LogP contribution in [0.15, 0.2) is 231 Å². The molecule has 2 nitrogen and oxygen atoms in total. The average Bonchev–Trinajstić information content (AvgIpc) is 3.63. The van der Waals surface area contributed by atoms with Crippen molar-refractivity contribution in [1.82, 2.24) is 0 Å². The Hall–Kier alpha value is -7.68. The van der Waals surface area contributed by atoms with Gasteiger partial charge in [-0.25, -0.2) is 0 Å². The second-order valence-corrected chi connectivity index (χ2v) is 17.6. The van der Waals surface area contributed by atoms with Crippen LogP contribution in [-0.2, 0) is 5.41 Å². The number of hydrogen-bond donors (Lipinski definition) is 0. The molecule has 10 aromatic carbocycles. The molecule has 0 unspecified atom stereocenters. The lowest BCUT2D eigenvalue weighted by atomic mass is 9.68. The minimum Gasteiger partial charge on any atom is -0.310 e. The third-order valence-electron chi connectivity index (χ3n) is 14.0. The molecule has 2 heteroatoms. The van der Waals surface area contributed by atoms with Gasteiger partial charge < -0.3 is 9.80 Å². The molecule has 64 heavy (non-hydrogen) atoms. The summed E-state index contributed by atoms with van der Waals surface area (Å²) in [5.74, 6) is 0. The predicted octanol–water partition coefficient (Wildman–Crippen LogP) is 17.5. The van der Waals surface area contributed by atoms with Gasteiger partial charge in [0.15, 0.2) is 0 Å². The Morgan fingerprint density at radius 3 is 1.28 bits per heavy atom. The fraction of sp³-hybridized carbons (Fsp3) is 0.0968. The zero-order valence-corrected chi connectivity index (χ0v) is 35.9. The van der Waals surface area contributed by atoms with E-state index in [1.807, 2.05) is 0 Å². The average molecular weight is 821 g/mol. The summed E-state index contributed by atoms with van der Waals surface area (Å²) >= 11 is 0. The standard InChI is InChI=1S/C62H48N2/c1-3-15-44(16-4-1)45-27-33-50(34-28-45)63(60-25-13-19-48-17-5-7-21-54(48)60)51-35-29-46(30-36-51)47-31-37-52(38-32-47)64(61-26-14-20-49-18-6-8-22-55(49)61)53-39-40-59-57(43-53)56-23-9-10-24-58(56)62(59)41-11-2-12-42-62/h1,3-10,13-40,43H,2,11-12,41-42H2. The van der Waals surface area contributed by atoms with E-state index in [4.69, 9.17) is 0 Å². The zero-order chi connectivity index (χ0) is 42.5. The Kier molecular flexibility index (Phi) is 9.45. The van der Waals surface area contributed by atoms with Crippen molar-refractivity contribution in [3.8, 4) is 33.4 Å². The van der Waals surface area contributed by atoms with Crippen molar-refractivity contribution < 1.29 is 0 Å². The van der Waals surface area contributed by atoms with Crippen molar-refractivity contribution in [3.05, 3.63) is 242 Å². The molecule has 0 N–H and O–H groups in total. The number of anilines is 6. The van der Waals surface area contributed by atoms with Crippen molar-refractivity contribution in [2.24, 2.45) is 0 Å². The highest BCUT2D eigenvalue weighted by Gasteiger charge is 2.43. The van der Waals surface area contributed by atoms with Gasteiger partial charge in [-0.3, -0.25) is 0 Å². The highest BCUT2D eigenvalue weighted by molar-refractivity contribution is 6.01. The first-order valence-corrected chi connectivity index (χ1v) is 22.9. The summed E-state index contributed by atoms with van der Waals surface area (Å²) in [4.78, 5) is 4.85. The zero-order valence-electron chi connectivity index (χ0n) is 35.9. The molecule has 1 fully saturated rings. The fourth-order valence-corrected chi connectivity index (χ4v) is 11.0. The Morgan fingerprint density at radius 2 is 0.719 bits per heavy atom. The molecule has 0 atom stereocenters. The maximum absolute atomic E-state index is 2.48. The van der Waals surface area contributed by atoms with Crippen molar-refractivity contribution in [2.45, 2.75) is 37.5 Å². The van der Waals surface area contributed by atoms with E-state index in [0.717, 1.165) is 22.7 Å². The van der Waals surface area contributed by atoms with Crippen LogP contribution in [-0.4, -0.2) is 0 Å². The van der Waals surface area contributed by atoms with Gasteiger partial charge in [-0.05, 0) is 129 Å². The maximum atomic E-state index is 2.48. The van der Waals surface area contributed by atoms with Crippen molar-refractivity contribution in [1.29, 1.82) is 0 Å². The lowest BCUT2D eigenvalue weighted by Crippen LogP contribution is -2.28. The SMILES string of the molecule is c1ccc(-c2ccc(N(c3ccc(-c4ccc(N(c5ccc6c(c5)-c5ccccc5C65CCCCC5)c5cccc6ccccc56)cc4)cc3)c3cccc4ccccc34)cc2)cc1. The summed E-state index contributed by atoms with van der Waals surface area (Å²) in [7, 11) is 0. The fourth-order valence-electron chi connectivity index (χ4n) is 11.0. The third kappa shape index (κ3) is 6.48. The van der Waals surface area contributed by atoms with Gasteiger partial charge in [-0.15, -0.1) is 0 Å². The minimum absolute atomic E-state index is 0.128. The topological polar surface area (TPSA) is 6.48 Å². The van der Waals surface area contributed by atoms with Crippen LogP contribution in [0.3, 0.4) is 0 Å². The molecule has 12 rings (SSSR count). The number of rotatable bonds is 8. The van der Waals surface area contributed by atoms with Crippen LogP contribution < -0.4 is 9.80 Å². The number of hydrogen-bond acceptors (Lipinski definition) is 2. The Balaban J connectivity index is 0.921. The largest absolute Gasteiger partial charge is 0.310 e. The molecule has 2 aliphatic carbocycles. The van der Waals surface area contributed by atoms with E-state index in [1.165, 1.54) is 110 Å². The molecule has 306 valence electrons. The van der Waals surface area contributed by atoms with Crippen LogP contribution in [0.25, 0.3) is 54.9 Å². The van der Waals surface area contributed by atoms with Gasteiger partial charge in [0.25, 0.3) is 0 Å². The Labute approximate surface area is 376 Å². The van der Waals surface area contributed by atoms with Gasteiger partial charge in [-0.1, -0.05) is 189 Å². The van der Waals surface area contributed by atoms with E-state index >= 15 is 0 Å². The van der Waals surface area contributed by atoms with Gasteiger partial charge in [0, 0.05) is 38.9 Å². The molecule has 0 aromatic heterocycles. The van der Waals surface area contributed by atoms with E-state index < -0.39 is 0 Å². The van der Waals surface area contributed by atoms with E-state index in [1.54, 1.807) is 0 Å². The van der Waals surface area contributed by atoms with Gasteiger partial charge in [-0.2, -0.15) is 0 Å². The van der Waals surface area contributed by atoms with Crippen LogP contribution in [0.1, 0.15) is 43.2 Å². The molecule has 0 radical (unpaired) electrons.